The summed E-state index contributed by atoms with van der Waals surface area (Å²) in [6, 6.07) is 10.3. The van der Waals surface area contributed by atoms with Crippen molar-refractivity contribution in [3.05, 3.63) is 67.0 Å². The number of benzene rings is 2. The quantitative estimate of drug-likeness (QED) is 0.622. The van der Waals surface area contributed by atoms with Gasteiger partial charge < -0.3 is 5.32 Å². The maximum Gasteiger partial charge on any atom is 0.261 e. The Balaban J connectivity index is 1.85. The summed E-state index contributed by atoms with van der Waals surface area (Å²) in [6.45, 7) is -0.142. The first-order valence-corrected chi connectivity index (χ1v) is 8.80. The third-order valence-corrected chi connectivity index (χ3v) is 4.69. The normalized spacial score (nSPS) is 10.8. The molecule has 2 aromatic carbocycles. The minimum absolute atomic E-state index is 0.142. The van der Waals surface area contributed by atoms with Crippen LogP contribution in [0.5, 0.6) is 0 Å². The molecule has 0 saturated heterocycles. The van der Waals surface area contributed by atoms with Crippen LogP contribution in [0.2, 0.25) is 5.02 Å². The first-order valence-electron chi connectivity index (χ1n) is 6.83. The number of nitrogens with one attached hydrogen (secondary N) is 1. The zero-order chi connectivity index (χ0) is 17.3. The van der Waals surface area contributed by atoms with Gasteiger partial charge in [-0.05, 0) is 52.3 Å². The second kappa shape index (κ2) is 7.04. The van der Waals surface area contributed by atoms with Crippen LogP contribution in [-0.2, 0) is 11.3 Å². The molecule has 0 radical (unpaired) electrons. The third-order valence-electron chi connectivity index (χ3n) is 3.31. The average Bonchev–Trinajstić information content (AvgIpc) is 2.53. The van der Waals surface area contributed by atoms with Gasteiger partial charge in [0.15, 0.2) is 0 Å². The number of halogens is 3. The summed E-state index contributed by atoms with van der Waals surface area (Å²) in [6.07, 6.45) is 1.36. The molecule has 0 aliphatic heterocycles. The van der Waals surface area contributed by atoms with Gasteiger partial charge in [0.1, 0.15) is 6.54 Å². The Hall–Kier alpha value is -1.70. The van der Waals surface area contributed by atoms with E-state index in [1.54, 1.807) is 24.3 Å². The van der Waals surface area contributed by atoms with Crippen molar-refractivity contribution in [3.8, 4) is 0 Å². The van der Waals surface area contributed by atoms with Crippen molar-refractivity contribution in [1.29, 1.82) is 0 Å². The molecule has 0 aliphatic carbocycles. The molecule has 3 rings (SSSR count). The van der Waals surface area contributed by atoms with Crippen molar-refractivity contribution in [2.24, 2.45) is 0 Å². The van der Waals surface area contributed by atoms with Crippen molar-refractivity contribution >= 4 is 66.0 Å². The highest BCUT2D eigenvalue weighted by atomic mass is 79.9. The number of hydrogen-bond donors (Lipinski definition) is 1. The molecule has 24 heavy (non-hydrogen) atoms. The fourth-order valence-electron chi connectivity index (χ4n) is 2.18. The van der Waals surface area contributed by atoms with Crippen molar-refractivity contribution in [2.75, 3.05) is 5.32 Å². The summed E-state index contributed by atoms with van der Waals surface area (Å²) >= 11 is 12.6. The molecule has 0 saturated carbocycles. The van der Waals surface area contributed by atoms with E-state index >= 15 is 0 Å². The van der Waals surface area contributed by atoms with Gasteiger partial charge >= 0.3 is 0 Å². The Morgan fingerprint density at radius 3 is 2.75 bits per heavy atom. The van der Waals surface area contributed by atoms with Crippen LogP contribution in [0, 0.1) is 0 Å². The molecule has 0 aliphatic rings. The maximum atomic E-state index is 12.4. The number of aromatic nitrogens is 2. The lowest BCUT2D eigenvalue weighted by Gasteiger charge is -2.09. The molecule has 1 N–H and O–H groups in total. The number of amides is 1. The van der Waals surface area contributed by atoms with Gasteiger partial charge in [-0.3, -0.25) is 14.2 Å². The van der Waals surface area contributed by atoms with Gasteiger partial charge in [-0.25, -0.2) is 4.98 Å². The van der Waals surface area contributed by atoms with Crippen LogP contribution in [0.15, 0.2) is 56.5 Å². The summed E-state index contributed by atoms with van der Waals surface area (Å²) in [5.41, 5.74) is 0.845. The van der Waals surface area contributed by atoms with E-state index in [2.05, 4.69) is 42.2 Å². The average molecular weight is 472 g/mol. The molecule has 0 atom stereocenters. The van der Waals surface area contributed by atoms with E-state index in [4.69, 9.17) is 11.6 Å². The molecule has 3 aromatic rings. The molecule has 1 aromatic heterocycles. The van der Waals surface area contributed by atoms with E-state index < -0.39 is 0 Å². The van der Waals surface area contributed by atoms with Gasteiger partial charge in [-0.15, -0.1) is 0 Å². The molecule has 0 unspecified atom stereocenters. The number of hydrogen-bond acceptors (Lipinski definition) is 3. The number of anilines is 1. The largest absolute Gasteiger partial charge is 0.324 e. The SMILES string of the molecule is O=C(Cn1cnc2ccc(Cl)cc2c1=O)Nc1ccc(Br)cc1Br. The van der Waals surface area contributed by atoms with Crippen LogP contribution in [0.4, 0.5) is 5.69 Å². The van der Waals surface area contributed by atoms with E-state index in [-0.39, 0.29) is 18.0 Å². The second-order valence-electron chi connectivity index (χ2n) is 5.01. The van der Waals surface area contributed by atoms with Gasteiger partial charge in [0.2, 0.25) is 5.91 Å². The first-order chi connectivity index (χ1) is 11.4. The highest BCUT2D eigenvalue weighted by molar-refractivity contribution is 9.11. The van der Waals surface area contributed by atoms with Crippen LogP contribution < -0.4 is 10.9 Å². The molecular formula is C16H10Br2ClN3O2. The summed E-state index contributed by atoms with van der Waals surface area (Å²) in [5.74, 6) is -0.330. The smallest absolute Gasteiger partial charge is 0.261 e. The van der Waals surface area contributed by atoms with Crippen molar-refractivity contribution in [2.45, 2.75) is 6.54 Å². The number of fused-ring (bicyclic) bond motifs is 1. The van der Waals surface area contributed by atoms with Crippen molar-refractivity contribution < 1.29 is 4.79 Å². The fraction of sp³-hybridized carbons (Fsp3) is 0.0625. The number of carbonyl (C=O) groups is 1. The topological polar surface area (TPSA) is 64.0 Å². The Morgan fingerprint density at radius 1 is 1.21 bits per heavy atom. The van der Waals surface area contributed by atoms with Gasteiger partial charge in [0, 0.05) is 14.0 Å². The molecule has 0 fully saturated rings. The highest BCUT2D eigenvalue weighted by Gasteiger charge is 2.10. The maximum absolute atomic E-state index is 12.4. The van der Waals surface area contributed by atoms with Crippen molar-refractivity contribution in [1.82, 2.24) is 9.55 Å². The Bertz CT molecular complexity index is 1000. The Morgan fingerprint density at radius 2 is 2.00 bits per heavy atom. The minimum Gasteiger partial charge on any atom is -0.324 e. The van der Waals surface area contributed by atoms with E-state index in [1.165, 1.54) is 10.9 Å². The third kappa shape index (κ3) is 3.68. The molecule has 5 nitrogen and oxygen atoms in total. The van der Waals surface area contributed by atoms with E-state index in [9.17, 15) is 9.59 Å². The zero-order valence-electron chi connectivity index (χ0n) is 12.1. The van der Waals surface area contributed by atoms with E-state index in [1.807, 2.05) is 12.1 Å². The molecule has 122 valence electrons. The van der Waals surface area contributed by atoms with E-state index in [0.717, 1.165) is 8.95 Å². The van der Waals surface area contributed by atoms with Crippen LogP contribution >= 0.6 is 43.5 Å². The number of nitrogens with zero attached hydrogens (tertiary/aromatic N) is 2. The van der Waals surface area contributed by atoms with Crippen LogP contribution in [0.1, 0.15) is 0 Å². The van der Waals surface area contributed by atoms with Crippen LogP contribution in [0.25, 0.3) is 10.9 Å². The summed E-state index contributed by atoms with van der Waals surface area (Å²) in [4.78, 5) is 28.8. The molecule has 0 bridgehead atoms. The molecule has 1 amide bonds. The summed E-state index contributed by atoms with van der Waals surface area (Å²) < 4.78 is 2.88. The van der Waals surface area contributed by atoms with Gasteiger partial charge in [-0.1, -0.05) is 27.5 Å². The highest BCUT2D eigenvalue weighted by Crippen LogP contribution is 2.26. The van der Waals surface area contributed by atoms with Crippen molar-refractivity contribution in [3.63, 3.8) is 0 Å². The molecular weight excluding hydrogens is 461 g/mol. The number of rotatable bonds is 3. The lowest BCUT2D eigenvalue weighted by atomic mass is 10.2. The van der Waals surface area contributed by atoms with E-state index in [0.29, 0.717) is 21.6 Å². The Kier molecular flexibility index (Phi) is 5.03. The standard InChI is InChI=1S/C16H10Br2ClN3O2/c17-9-1-3-14(12(18)5-9)21-15(23)7-22-8-20-13-4-2-10(19)6-11(13)16(22)24/h1-6,8H,7H2,(H,21,23). The van der Waals surface area contributed by atoms with Crippen LogP contribution in [0.3, 0.4) is 0 Å². The first kappa shape index (κ1) is 17.1. The lowest BCUT2D eigenvalue weighted by Crippen LogP contribution is -2.28. The monoisotopic (exact) mass is 469 g/mol. The predicted molar refractivity (Wildman–Crippen MR) is 101 cm³/mol. The van der Waals surface area contributed by atoms with Gasteiger partial charge in [-0.2, -0.15) is 0 Å². The van der Waals surface area contributed by atoms with Crippen LogP contribution in [-0.4, -0.2) is 15.5 Å². The lowest BCUT2D eigenvalue weighted by molar-refractivity contribution is -0.116. The fourth-order valence-corrected chi connectivity index (χ4v) is 3.50. The predicted octanol–water partition coefficient (Wildman–Crippen LogP) is 4.21. The minimum atomic E-state index is -0.330. The van der Waals surface area contributed by atoms with Gasteiger partial charge in [0.05, 0.1) is 22.9 Å². The Labute approximate surface area is 158 Å². The summed E-state index contributed by atoms with van der Waals surface area (Å²) in [5, 5.41) is 3.58. The van der Waals surface area contributed by atoms with Gasteiger partial charge in [0.25, 0.3) is 5.56 Å². The second-order valence-corrected chi connectivity index (χ2v) is 7.22. The molecule has 0 spiro atoms. The molecule has 8 heteroatoms. The molecule has 1 heterocycles. The number of carbonyl (C=O) groups excluding carboxylic acids is 1. The zero-order valence-corrected chi connectivity index (χ0v) is 16.0. The summed E-state index contributed by atoms with van der Waals surface area (Å²) in [7, 11) is 0.